The van der Waals surface area contributed by atoms with Crippen molar-refractivity contribution in [3.05, 3.63) is 0 Å². The predicted octanol–water partition coefficient (Wildman–Crippen LogP) is 2.13. The zero-order valence-electron chi connectivity index (χ0n) is 12.4. The lowest BCUT2D eigenvalue weighted by Gasteiger charge is -2.28. The van der Waals surface area contributed by atoms with Crippen LogP contribution in [0.2, 0.25) is 0 Å². The second-order valence-electron chi connectivity index (χ2n) is 6.19. The van der Waals surface area contributed by atoms with Gasteiger partial charge in [-0.05, 0) is 24.2 Å². The van der Waals surface area contributed by atoms with Gasteiger partial charge >= 0.3 is 12.0 Å². The highest BCUT2D eigenvalue weighted by Gasteiger charge is 2.31. The number of likely N-dealkylation sites (tertiary alicyclic amines) is 1. The van der Waals surface area contributed by atoms with Crippen molar-refractivity contribution >= 4 is 12.0 Å². The van der Waals surface area contributed by atoms with Gasteiger partial charge in [0.2, 0.25) is 0 Å². The number of carboxylic acid groups (broad SMARTS) is 1. The number of hydrogen-bond donors (Lipinski definition) is 1. The van der Waals surface area contributed by atoms with E-state index in [2.05, 4.69) is 13.8 Å². The van der Waals surface area contributed by atoms with Crippen LogP contribution in [-0.2, 0) is 4.79 Å². The molecule has 0 spiro atoms. The second kappa shape index (κ2) is 6.78. The minimum Gasteiger partial charge on any atom is -0.480 e. The van der Waals surface area contributed by atoms with Gasteiger partial charge in [-0.15, -0.1) is 0 Å². The SMILES string of the molecule is CC(C)CN(CC(=O)O)C(=O)N1CCC(C(C)C)C1. The van der Waals surface area contributed by atoms with E-state index in [0.717, 1.165) is 19.5 Å². The van der Waals surface area contributed by atoms with Gasteiger partial charge in [-0.2, -0.15) is 0 Å². The minimum absolute atomic E-state index is 0.126. The number of hydrogen-bond acceptors (Lipinski definition) is 2. The summed E-state index contributed by atoms with van der Waals surface area (Å²) in [5.74, 6) is 0.422. The van der Waals surface area contributed by atoms with Crippen molar-refractivity contribution < 1.29 is 14.7 Å². The molecule has 0 aromatic rings. The topological polar surface area (TPSA) is 60.9 Å². The summed E-state index contributed by atoms with van der Waals surface area (Å²) in [4.78, 5) is 26.5. The molecule has 5 heteroatoms. The van der Waals surface area contributed by atoms with Crippen molar-refractivity contribution in [1.82, 2.24) is 9.80 Å². The summed E-state index contributed by atoms with van der Waals surface area (Å²) in [5.41, 5.74) is 0. The highest BCUT2D eigenvalue weighted by molar-refractivity contribution is 5.80. The number of nitrogens with zero attached hydrogens (tertiary/aromatic N) is 2. The number of carbonyl (C=O) groups excluding carboxylic acids is 1. The highest BCUT2D eigenvalue weighted by Crippen LogP contribution is 2.24. The van der Waals surface area contributed by atoms with Gasteiger partial charge in [0.15, 0.2) is 0 Å². The van der Waals surface area contributed by atoms with E-state index >= 15 is 0 Å². The number of urea groups is 1. The molecule has 19 heavy (non-hydrogen) atoms. The molecule has 1 saturated heterocycles. The smallest absolute Gasteiger partial charge is 0.323 e. The molecule has 1 rings (SSSR count). The van der Waals surface area contributed by atoms with Crippen LogP contribution >= 0.6 is 0 Å². The Kier molecular flexibility index (Phi) is 5.63. The van der Waals surface area contributed by atoms with Crippen LogP contribution in [0.1, 0.15) is 34.1 Å². The molecular weight excluding hydrogens is 244 g/mol. The van der Waals surface area contributed by atoms with Gasteiger partial charge < -0.3 is 14.9 Å². The third kappa shape index (κ3) is 4.73. The molecule has 0 aromatic carbocycles. The van der Waals surface area contributed by atoms with Crippen LogP contribution in [0.5, 0.6) is 0 Å². The average molecular weight is 270 g/mol. The first-order valence-electron chi connectivity index (χ1n) is 7.07. The number of rotatable bonds is 5. The molecule has 0 aliphatic carbocycles. The zero-order chi connectivity index (χ0) is 14.6. The third-order valence-corrected chi connectivity index (χ3v) is 3.62. The Hall–Kier alpha value is -1.26. The Labute approximate surface area is 115 Å². The maximum atomic E-state index is 12.4. The van der Waals surface area contributed by atoms with E-state index < -0.39 is 5.97 Å². The van der Waals surface area contributed by atoms with Gasteiger partial charge in [-0.1, -0.05) is 27.7 Å². The first kappa shape index (κ1) is 15.8. The van der Waals surface area contributed by atoms with Crippen LogP contribution in [0.25, 0.3) is 0 Å². The van der Waals surface area contributed by atoms with Gasteiger partial charge in [-0.3, -0.25) is 4.79 Å². The normalized spacial score (nSPS) is 19.3. The van der Waals surface area contributed by atoms with Crippen molar-refractivity contribution in [3.8, 4) is 0 Å². The molecule has 1 unspecified atom stereocenters. The Morgan fingerprint density at radius 3 is 2.37 bits per heavy atom. The summed E-state index contributed by atoms with van der Waals surface area (Å²) in [6.07, 6.45) is 1.02. The standard InChI is InChI=1S/C14H26N2O3/c1-10(2)7-16(9-13(17)18)14(19)15-6-5-12(8-15)11(3)4/h10-12H,5-9H2,1-4H3,(H,17,18). The van der Waals surface area contributed by atoms with Crippen molar-refractivity contribution in [3.63, 3.8) is 0 Å². The Morgan fingerprint density at radius 1 is 1.32 bits per heavy atom. The lowest BCUT2D eigenvalue weighted by Crippen LogP contribution is -2.46. The largest absolute Gasteiger partial charge is 0.480 e. The maximum absolute atomic E-state index is 12.4. The zero-order valence-corrected chi connectivity index (χ0v) is 12.4. The lowest BCUT2D eigenvalue weighted by atomic mass is 9.95. The molecule has 1 heterocycles. The fraction of sp³-hybridized carbons (Fsp3) is 0.857. The fourth-order valence-corrected chi connectivity index (χ4v) is 2.52. The van der Waals surface area contributed by atoms with Crippen LogP contribution < -0.4 is 0 Å². The Bertz CT molecular complexity index is 329. The highest BCUT2D eigenvalue weighted by atomic mass is 16.4. The summed E-state index contributed by atoms with van der Waals surface area (Å²) >= 11 is 0. The Morgan fingerprint density at radius 2 is 1.95 bits per heavy atom. The Balaban J connectivity index is 2.63. The van der Waals surface area contributed by atoms with E-state index in [1.807, 2.05) is 13.8 Å². The molecule has 1 atom stereocenters. The predicted molar refractivity (Wildman–Crippen MR) is 74.0 cm³/mol. The lowest BCUT2D eigenvalue weighted by molar-refractivity contribution is -0.137. The van der Waals surface area contributed by atoms with E-state index in [-0.39, 0.29) is 18.5 Å². The molecule has 1 fully saturated rings. The molecular formula is C14H26N2O3. The summed E-state index contributed by atoms with van der Waals surface area (Å²) in [6, 6.07) is -0.126. The summed E-state index contributed by atoms with van der Waals surface area (Å²) in [6.45, 7) is 10.1. The molecule has 1 aliphatic heterocycles. The van der Waals surface area contributed by atoms with Gasteiger partial charge in [0.25, 0.3) is 0 Å². The number of carboxylic acids is 1. The van der Waals surface area contributed by atoms with E-state index in [1.165, 1.54) is 4.90 Å². The monoisotopic (exact) mass is 270 g/mol. The molecule has 0 radical (unpaired) electrons. The van der Waals surface area contributed by atoms with E-state index in [1.54, 1.807) is 4.90 Å². The maximum Gasteiger partial charge on any atom is 0.323 e. The van der Waals surface area contributed by atoms with Crippen molar-refractivity contribution in [2.24, 2.45) is 17.8 Å². The van der Waals surface area contributed by atoms with E-state index in [0.29, 0.717) is 18.4 Å². The summed E-state index contributed by atoms with van der Waals surface area (Å²) in [7, 11) is 0. The summed E-state index contributed by atoms with van der Waals surface area (Å²) < 4.78 is 0. The average Bonchev–Trinajstić information content (AvgIpc) is 2.75. The van der Waals surface area contributed by atoms with Gasteiger partial charge in [0.05, 0.1) is 0 Å². The number of carbonyl (C=O) groups is 2. The van der Waals surface area contributed by atoms with Crippen LogP contribution in [0, 0.1) is 17.8 Å². The first-order chi connectivity index (χ1) is 8.81. The fourth-order valence-electron chi connectivity index (χ4n) is 2.52. The van der Waals surface area contributed by atoms with E-state index in [4.69, 9.17) is 5.11 Å². The van der Waals surface area contributed by atoms with Crippen molar-refractivity contribution in [2.75, 3.05) is 26.2 Å². The van der Waals surface area contributed by atoms with E-state index in [9.17, 15) is 9.59 Å². The van der Waals surface area contributed by atoms with Crippen LogP contribution in [-0.4, -0.2) is 53.1 Å². The third-order valence-electron chi connectivity index (χ3n) is 3.62. The molecule has 0 bridgehead atoms. The molecule has 1 N–H and O–H groups in total. The number of amides is 2. The van der Waals surface area contributed by atoms with Gasteiger partial charge in [0.1, 0.15) is 6.54 Å². The van der Waals surface area contributed by atoms with Crippen molar-refractivity contribution in [2.45, 2.75) is 34.1 Å². The second-order valence-corrected chi connectivity index (χ2v) is 6.19. The molecule has 2 amide bonds. The first-order valence-corrected chi connectivity index (χ1v) is 7.07. The van der Waals surface area contributed by atoms with Crippen LogP contribution in [0.3, 0.4) is 0 Å². The molecule has 5 nitrogen and oxygen atoms in total. The minimum atomic E-state index is -0.950. The number of aliphatic carboxylic acids is 1. The van der Waals surface area contributed by atoms with Crippen molar-refractivity contribution in [1.29, 1.82) is 0 Å². The molecule has 1 aliphatic rings. The quantitative estimate of drug-likeness (QED) is 0.832. The molecule has 0 aromatic heterocycles. The summed E-state index contributed by atoms with van der Waals surface area (Å²) in [5, 5.41) is 8.92. The molecule has 110 valence electrons. The van der Waals surface area contributed by atoms with Crippen LogP contribution in [0.15, 0.2) is 0 Å². The van der Waals surface area contributed by atoms with Gasteiger partial charge in [0, 0.05) is 19.6 Å². The molecule has 0 saturated carbocycles. The van der Waals surface area contributed by atoms with Crippen LogP contribution in [0.4, 0.5) is 4.79 Å². The van der Waals surface area contributed by atoms with Gasteiger partial charge in [-0.25, -0.2) is 4.79 Å².